The molecule has 1 amide bonds. The maximum atomic E-state index is 12.3. The van der Waals surface area contributed by atoms with Gasteiger partial charge in [-0.05, 0) is 25.3 Å². The third kappa shape index (κ3) is 3.00. The number of hydrogen-bond donors (Lipinski definition) is 2. The maximum absolute atomic E-state index is 12.3. The van der Waals surface area contributed by atoms with Crippen LogP contribution < -0.4 is 5.32 Å². The van der Waals surface area contributed by atoms with Crippen LogP contribution in [0.2, 0.25) is 0 Å². The second kappa shape index (κ2) is 6.07. The van der Waals surface area contributed by atoms with E-state index in [1.807, 2.05) is 37.3 Å². The highest BCUT2D eigenvalue weighted by Crippen LogP contribution is 2.29. The van der Waals surface area contributed by atoms with Gasteiger partial charge >= 0.3 is 5.97 Å². The molecule has 1 aromatic rings. The number of rotatable bonds is 4. The summed E-state index contributed by atoms with van der Waals surface area (Å²) in [5.74, 6) is -1.46. The van der Waals surface area contributed by atoms with Crippen molar-refractivity contribution in [2.45, 2.75) is 50.5 Å². The molecule has 1 aliphatic rings. The van der Waals surface area contributed by atoms with Crippen LogP contribution in [0.15, 0.2) is 30.3 Å². The van der Waals surface area contributed by atoms with Gasteiger partial charge in [-0.25, -0.2) is 4.79 Å². The van der Waals surface area contributed by atoms with E-state index in [0.717, 1.165) is 24.8 Å². The Morgan fingerprint density at radius 2 is 1.75 bits per heavy atom. The van der Waals surface area contributed by atoms with Gasteiger partial charge in [-0.15, -0.1) is 0 Å². The van der Waals surface area contributed by atoms with Gasteiger partial charge in [0.1, 0.15) is 5.54 Å². The van der Waals surface area contributed by atoms with Crippen molar-refractivity contribution in [1.82, 2.24) is 5.32 Å². The molecule has 0 aliphatic heterocycles. The van der Waals surface area contributed by atoms with Crippen LogP contribution in [-0.4, -0.2) is 22.5 Å². The second-order valence-corrected chi connectivity index (χ2v) is 5.57. The highest BCUT2D eigenvalue weighted by molar-refractivity contribution is 5.90. The zero-order valence-corrected chi connectivity index (χ0v) is 11.8. The molecular weight excluding hydrogens is 254 g/mol. The Labute approximate surface area is 119 Å². The minimum Gasteiger partial charge on any atom is -0.480 e. The molecule has 0 saturated heterocycles. The van der Waals surface area contributed by atoms with E-state index in [-0.39, 0.29) is 11.8 Å². The molecule has 1 aliphatic carbocycles. The third-order valence-corrected chi connectivity index (χ3v) is 4.17. The van der Waals surface area contributed by atoms with Crippen LogP contribution in [0.25, 0.3) is 0 Å². The predicted octanol–water partition coefficient (Wildman–Crippen LogP) is 2.69. The Hall–Kier alpha value is -1.84. The molecule has 0 heterocycles. The average Bonchev–Trinajstić information content (AvgIpc) is 2.48. The number of hydrogen-bond acceptors (Lipinski definition) is 2. The van der Waals surface area contributed by atoms with Gasteiger partial charge in [0.05, 0.1) is 5.92 Å². The van der Waals surface area contributed by atoms with E-state index in [1.165, 1.54) is 0 Å². The van der Waals surface area contributed by atoms with Crippen LogP contribution in [0.3, 0.4) is 0 Å². The first kappa shape index (κ1) is 14.6. The molecular formula is C16H21NO3. The summed E-state index contributed by atoms with van der Waals surface area (Å²) in [5, 5.41) is 12.3. The van der Waals surface area contributed by atoms with Gasteiger partial charge in [0, 0.05) is 0 Å². The number of carbonyl (C=O) groups excluding carboxylic acids is 1. The van der Waals surface area contributed by atoms with Crippen molar-refractivity contribution in [1.29, 1.82) is 0 Å². The van der Waals surface area contributed by atoms with Crippen molar-refractivity contribution in [3.05, 3.63) is 35.9 Å². The first-order valence-corrected chi connectivity index (χ1v) is 7.15. The van der Waals surface area contributed by atoms with E-state index in [2.05, 4.69) is 5.32 Å². The fourth-order valence-corrected chi connectivity index (χ4v) is 2.78. The van der Waals surface area contributed by atoms with Gasteiger partial charge in [0.2, 0.25) is 5.91 Å². The van der Waals surface area contributed by atoms with Crippen LogP contribution in [0, 0.1) is 0 Å². The SMILES string of the molecule is C[C@H](C(=O)NC1(C(=O)O)CCCCC1)c1ccccc1. The summed E-state index contributed by atoms with van der Waals surface area (Å²) in [6.45, 7) is 1.81. The average molecular weight is 275 g/mol. The number of amides is 1. The molecule has 108 valence electrons. The molecule has 1 fully saturated rings. The molecule has 4 heteroatoms. The van der Waals surface area contributed by atoms with Crippen molar-refractivity contribution in [3.63, 3.8) is 0 Å². The summed E-state index contributed by atoms with van der Waals surface area (Å²) >= 11 is 0. The minimum atomic E-state index is -1.07. The lowest BCUT2D eigenvalue weighted by atomic mass is 9.81. The molecule has 1 aromatic carbocycles. The Bertz CT molecular complexity index is 478. The van der Waals surface area contributed by atoms with Crippen molar-refractivity contribution in [3.8, 4) is 0 Å². The van der Waals surface area contributed by atoms with Gasteiger partial charge in [0.15, 0.2) is 0 Å². The van der Waals surface area contributed by atoms with Crippen molar-refractivity contribution in [2.75, 3.05) is 0 Å². The largest absolute Gasteiger partial charge is 0.480 e. The summed E-state index contributed by atoms with van der Waals surface area (Å²) < 4.78 is 0. The fourth-order valence-electron chi connectivity index (χ4n) is 2.78. The minimum absolute atomic E-state index is 0.208. The van der Waals surface area contributed by atoms with Gasteiger partial charge in [0.25, 0.3) is 0 Å². The fraction of sp³-hybridized carbons (Fsp3) is 0.500. The lowest BCUT2D eigenvalue weighted by molar-refractivity contribution is -0.149. The lowest BCUT2D eigenvalue weighted by Crippen LogP contribution is -2.56. The first-order chi connectivity index (χ1) is 9.55. The third-order valence-electron chi connectivity index (χ3n) is 4.17. The number of nitrogens with one attached hydrogen (secondary N) is 1. The van der Waals surface area contributed by atoms with E-state index < -0.39 is 11.5 Å². The van der Waals surface area contributed by atoms with E-state index in [4.69, 9.17) is 0 Å². The Kier molecular flexibility index (Phi) is 4.42. The number of carboxylic acid groups (broad SMARTS) is 1. The molecule has 1 atom stereocenters. The van der Waals surface area contributed by atoms with Crippen LogP contribution >= 0.6 is 0 Å². The van der Waals surface area contributed by atoms with Crippen molar-refractivity contribution >= 4 is 11.9 Å². The number of carboxylic acids is 1. The summed E-state index contributed by atoms with van der Waals surface area (Å²) in [5.41, 5.74) is -0.167. The number of benzene rings is 1. The van der Waals surface area contributed by atoms with Crippen molar-refractivity contribution in [2.24, 2.45) is 0 Å². The summed E-state index contributed by atoms with van der Waals surface area (Å²) in [6, 6.07) is 9.44. The molecule has 4 nitrogen and oxygen atoms in total. The molecule has 20 heavy (non-hydrogen) atoms. The monoisotopic (exact) mass is 275 g/mol. The molecule has 0 unspecified atom stereocenters. The molecule has 1 saturated carbocycles. The van der Waals surface area contributed by atoms with Gasteiger partial charge in [-0.2, -0.15) is 0 Å². The molecule has 0 radical (unpaired) electrons. The zero-order valence-electron chi connectivity index (χ0n) is 11.8. The topological polar surface area (TPSA) is 66.4 Å². The van der Waals surface area contributed by atoms with Crippen LogP contribution in [0.1, 0.15) is 50.5 Å². The van der Waals surface area contributed by atoms with E-state index in [1.54, 1.807) is 0 Å². The van der Waals surface area contributed by atoms with Crippen LogP contribution in [-0.2, 0) is 9.59 Å². The maximum Gasteiger partial charge on any atom is 0.329 e. The van der Waals surface area contributed by atoms with Gasteiger partial charge in [-0.3, -0.25) is 4.79 Å². The molecule has 2 rings (SSSR count). The van der Waals surface area contributed by atoms with E-state index >= 15 is 0 Å². The molecule has 2 N–H and O–H groups in total. The summed E-state index contributed by atoms with van der Waals surface area (Å²) in [4.78, 5) is 23.9. The molecule has 0 bridgehead atoms. The van der Waals surface area contributed by atoms with Crippen LogP contribution in [0.4, 0.5) is 0 Å². The number of aliphatic carboxylic acids is 1. The molecule has 0 spiro atoms. The van der Waals surface area contributed by atoms with Crippen LogP contribution in [0.5, 0.6) is 0 Å². The Morgan fingerprint density at radius 3 is 2.30 bits per heavy atom. The standard InChI is InChI=1S/C16H21NO3/c1-12(13-8-4-2-5-9-13)14(18)17-16(15(19)20)10-6-3-7-11-16/h2,4-5,8-9,12H,3,6-7,10-11H2,1H3,(H,17,18)(H,19,20)/t12-/m0/s1. The highest BCUT2D eigenvalue weighted by atomic mass is 16.4. The number of carbonyl (C=O) groups is 2. The van der Waals surface area contributed by atoms with Gasteiger partial charge < -0.3 is 10.4 Å². The smallest absolute Gasteiger partial charge is 0.329 e. The zero-order chi connectivity index (χ0) is 14.6. The Morgan fingerprint density at radius 1 is 1.15 bits per heavy atom. The summed E-state index contributed by atoms with van der Waals surface area (Å²) in [7, 11) is 0. The van der Waals surface area contributed by atoms with Crippen molar-refractivity contribution < 1.29 is 14.7 Å². The highest BCUT2D eigenvalue weighted by Gasteiger charge is 2.41. The second-order valence-electron chi connectivity index (χ2n) is 5.57. The quantitative estimate of drug-likeness (QED) is 0.887. The van der Waals surface area contributed by atoms with E-state index in [0.29, 0.717) is 12.8 Å². The summed E-state index contributed by atoms with van der Waals surface area (Å²) in [6.07, 6.45) is 3.79. The van der Waals surface area contributed by atoms with Gasteiger partial charge in [-0.1, -0.05) is 49.6 Å². The lowest BCUT2D eigenvalue weighted by Gasteiger charge is -2.34. The molecule has 0 aromatic heterocycles. The van der Waals surface area contributed by atoms with E-state index in [9.17, 15) is 14.7 Å². The Balaban J connectivity index is 2.11. The normalized spacial score (nSPS) is 19.1. The predicted molar refractivity (Wildman–Crippen MR) is 76.5 cm³/mol. The first-order valence-electron chi connectivity index (χ1n) is 7.15.